The number of rotatable bonds is 25. The van der Waals surface area contributed by atoms with Crippen molar-refractivity contribution < 1.29 is 61.9 Å². The summed E-state index contributed by atoms with van der Waals surface area (Å²) in [6.45, 7) is 5.35. The Kier molecular flexibility index (Phi) is 29.8. The molecule has 6 aromatic carbocycles. The number of benzene rings is 6. The van der Waals surface area contributed by atoms with E-state index in [1.54, 1.807) is 77.2 Å². The smallest absolute Gasteiger partial charge is 0.277 e. The van der Waals surface area contributed by atoms with Crippen molar-refractivity contribution in [1.29, 1.82) is 0 Å². The maximum absolute atomic E-state index is 15.2. The number of Topliss-reactive ketones (excluding diaryl/α,β-unsaturated/α-hetero) is 2. The summed E-state index contributed by atoms with van der Waals surface area (Å²) in [6, 6.07) is 30.8. The maximum atomic E-state index is 15.2. The van der Waals surface area contributed by atoms with E-state index in [0.29, 0.717) is 62.7 Å². The van der Waals surface area contributed by atoms with Crippen LogP contribution in [0.3, 0.4) is 0 Å². The van der Waals surface area contributed by atoms with Crippen LogP contribution < -0.4 is 21.4 Å². The minimum absolute atomic E-state index is 0.0144. The maximum Gasteiger partial charge on any atom is 0.277 e. The summed E-state index contributed by atoms with van der Waals surface area (Å²) in [4.78, 5) is 58.6. The van der Waals surface area contributed by atoms with Crippen molar-refractivity contribution in [2.75, 3.05) is 56.0 Å². The number of fused-ring (bicyclic) bond motifs is 2. The van der Waals surface area contributed by atoms with Gasteiger partial charge in [0.25, 0.3) is 5.91 Å². The summed E-state index contributed by atoms with van der Waals surface area (Å²) in [6.07, 6.45) is 12.6. The number of pyridine rings is 2. The van der Waals surface area contributed by atoms with Gasteiger partial charge in [-0.3, -0.25) is 38.9 Å². The Morgan fingerprint density at radius 3 is 2.09 bits per heavy atom. The van der Waals surface area contributed by atoms with Crippen molar-refractivity contribution in [3.63, 3.8) is 0 Å². The van der Waals surface area contributed by atoms with E-state index < -0.39 is 42.2 Å². The van der Waals surface area contributed by atoms with Gasteiger partial charge in [0.05, 0.1) is 88.6 Å². The van der Waals surface area contributed by atoms with Gasteiger partial charge in [0, 0.05) is 91.5 Å². The van der Waals surface area contributed by atoms with Gasteiger partial charge in [-0.25, -0.2) is 28.0 Å². The number of nitrogens with one attached hydrogen (secondary N) is 4. The van der Waals surface area contributed by atoms with Crippen LogP contribution >= 0.6 is 72.7 Å². The third-order valence-electron chi connectivity index (χ3n) is 15.6. The Hall–Kier alpha value is -8.11. The SMILES string of the molecule is CCCOCC(=O)c1cc2c(ncn2C)c(F)c1Nc1ccc(Br)cc1Cl.CC[C@@H](O)CCC(=O)c1ccncc1Nc1ccc(I)cc1F.CN=C1CCc2cc(-c3cn(CCO)nc3-c3ccncc3)ccc21.Cc1ccc(C(=O)NOC[C@H](O)CO)c(Nc2ccc(I)cc2F)c1F. The number of ketones is 2. The highest BCUT2D eigenvalue weighted by molar-refractivity contribution is 14.1. The van der Waals surface area contributed by atoms with Crippen LogP contribution in [0.2, 0.25) is 5.02 Å². The summed E-state index contributed by atoms with van der Waals surface area (Å²) in [7, 11) is 3.61. The van der Waals surface area contributed by atoms with E-state index in [9.17, 15) is 42.9 Å². The van der Waals surface area contributed by atoms with Crippen LogP contribution in [0.15, 0.2) is 156 Å². The van der Waals surface area contributed by atoms with Crippen LogP contribution in [-0.4, -0.2) is 125 Å². The number of carbonyl (C=O) groups excluding carboxylic acids is 3. The molecule has 0 spiro atoms. The monoisotopic (exact) mass is 1690 g/mol. The van der Waals surface area contributed by atoms with E-state index in [-0.39, 0.29) is 82.9 Å². The molecule has 0 saturated carbocycles. The van der Waals surface area contributed by atoms with Gasteiger partial charge in [-0.05, 0) is 191 Å². The number of hydrogen-bond donors (Lipinski definition) is 8. The number of halogens is 8. The van der Waals surface area contributed by atoms with Crippen molar-refractivity contribution in [3.05, 3.63) is 220 Å². The van der Waals surface area contributed by atoms with Gasteiger partial charge >= 0.3 is 0 Å². The number of aliphatic imine (C=N–C) groups is 1. The van der Waals surface area contributed by atoms with E-state index in [1.165, 1.54) is 72.8 Å². The second-order valence-corrected chi connectivity index (χ2v) is 26.7. The van der Waals surface area contributed by atoms with Gasteiger partial charge in [-0.2, -0.15) is 5.10 Å². The summed E-state index contributed by atoms with van der Waals surface area (Å²) in [5.74, 6) is -3.50. The fraction of sp³-hybridized carbons (Fsp3) is 0.260. The van der Waals surface area contributed by atoms with E-state index >= 15 is 4.39 Å². The molecule has 0 unspecified atom stereocenters. The molecular weight excluding hydrogens is 1620 g/mol. The molecule has 28 heteroatoms. The molecular formula is C73H73BrClF4I2N11O9. The van der Waals surface area contributed by atoms with E-state index in [1.807, 2.05) is 89.9 Å². The molecule has 10 aromatic rings. The fourth-order valence-corrected chi connectivity index (χ4v) is 11.9. The molecule has 8 N–H and O–H groups in total. The third kappa shape index (κ3) is 21.3. The minimum Gasteiger partial charge on any atom is -0.394 e. The van der Waals surface area contributed by atoms with Gasteiger partial charge in [0.2, 0.25) is 0 Å². The molecule has 0 radical (unpaired) electrons. The van der Waals surface area contributed by atoms with E-state index in [2.05, 4.69) is 75.1 Å². The molecule has 1 aliphatic rings. The first-order valence-electron chi connectivity index (χ1n) is 31.8. The number of hydrogen-bond acceptors (Lipinski definition) is 17. The lowest BCUT2D eigenvalue weighted by atomic mass is 9.98. The summed E-state index contributed by atoms with van der Waals surface area (Å²) in [5.41, 5.74) is 12.6. The normalized spacial score (nSPS) is 12.5. The lowest BCUT2D eigenvalue weighted by Gasteiger charge is -2.15. The van der Waals surface area contributed by atoms with Gasteiger partial charge in [-0.15, -0.1) is 0 Å². The molecule has 20 nitrogen and oxygen atoms in total. The quantitative estimate of drug-likeness (QED) is 0.00868. The molecule has 0 bridgehead atoms. The molecule has 0 aliphatic heterocycles. The number of anilines is 6. The standard InChI is InChI=1S/C20H20N4O.C19H18BrClFN3O2.C17H17F2IN2O4.C17H18FIN2O2/c1-21-19-5-3-15-12-16(2-4-17(15)19)18-13-24(10-11-25)23-20(18)14-6-8-22-9-7-14;1-3-6-27-9-16(26)12-8-15-19(23-10-25(15)2)17(22)18(12)24-14-5-4-11(20)7-13(14)21;1-9-2-4-12(17(25)22-26-8-11(24)7-23)16(15(9)19)21-14-5-3-10(20)6-13(14)18;1-2-12(22)4-6-17(23)13-7-8-20-10-16(13)21-15-5-3-11(19)9-14(15)18/h2,4,6-9,12-13,25H,3,5,10-11H2,1H3;4-5,7-8,10,24H,3,6,9H2,1-2H3;2-6,11,21,23-24H,7-8H2,1H3,(H,22,25);3,5,7-10,12,21-22H,2,4,6H2,1H3/t;;11-;12-/m..11/s1. The Morgan fingerprint density at radius 2 is 1.43 bits per heavy atom. The Balaban J connectivity index is 0.000000171. The molecule has 0 saturated heterocycles. The van der Waals surface area contributed by atoms with E-state index in [4.69, 9.17) is 26.3 Å². The van der Waals surface area contributed by atoms with Crippen LogP contribution in [0.1, 0.15) is 93.7 Å². The zero-order chi connectivity index (χ0) is 72.9. The largest absolute Gasteiger partial charge is 0.394 e. The molecule has 530 valence electrons. The van der Waals surface area contributed by atoms with Gasteiger partial charge in [0.1, 0.15) is 48.0 Å². The van der Waals surface area contributed by atoms with E-state index in [0.717, 1.165) is 49.7 Å². The highest BCUT2D eigenvalue weighted by Crippen LogP contribution is 2.37. The van der Waals surface area contributed by atoms with Crippen molar-refractivity contribution in [1.82, 2.24) is 34.8 Å². The zero-order valence-electron chi connectivity index (χ0n) is 55.5. The molecule has 2 atom stereocenters. The lowest BCUT2D eigenvalue weighted by Crippen LogP contribution is -2.30. The molecule has 1 aliphatic carbocycles. The molecule has 1 amide bonds. The number of aryl methyl sites for hydroxylation is 3. The lowest BCUT2D eigenvalue weighted by molar-refractivity contribution is -0.0295. The molecule has 4 aromatic heterocycles. The fourth-order valence-electron chi connectivity index (χ4n) is 10.3. The van der Waals surface area contributed by atoms with Crippen LogP contribution in [0.5, 0.6) is 0 Å². The predicted octanol–water partition coefficient (Wildman–Crippen LogP) is 15.4. The topological polar surface area (TPSA) is 272 Å². The van der Waals surface area contributed by atoms with Gasteiger partial charge < -0.3 is 45.7 Å². The van der Waals surface area contributed by atoms with Crippen LogP contribution in [0.4, 0.5) is 51.7 Å². The summed E-state index contributed by atoms with van der Waals surface area (Å²) < 4.78 is 68.9. The molecule has 4 heterocycles. The van der Waals surface area contributed by atoms with Crippen molar-refractivity contribution in [2.24, 2.45) is 12.0 Å². The molecule has 0 fully saturated rings. The first-order valence-corrected chi connectivity index (χ1v) is 35.1. The van der Waals surface area contributed by atoms with Crippen molar-refractivity contribution in [3.8, 4) is 22.4 Å². The van der Waals surface area contributed by atoms with Crippen LogP contribution in [-0.2, 0) is 29.6 Å². The number of aromatic nitrogens is 6. The van der Waals surface area contributed by atoms with Crippen LogP contribution in [0.25, 0.3) is 33.4 Å². The Bertz CT molecular complexity index is 4570. The van der Waals surface area contributed by atoms with Crippen molar-refractivity contribution >= 4 is 141 Å². The number of amides is 1. The van der Waals surface area contributed by atoms with Gasteiger partial charge in [-0.1, -0.05) is 65.6 Å². The predicted molar refractivity (Wildman–Crippen MR) is 404 cm³/mol. The number of nitrogens with zero attached hydrogens (tertiary/aromatic N) is 7. The number of aliphatic hydroxyl groups excluding tert-OH is 4. The van der Waals surface area contributed by atoms with Gasteiger partial charge in [0.15, 0.2) is 17.4 Å². The second-order valence-electron chi connectivity index (χ2n) is 22.9. The number of imidazole rings is 1. The summed E-state index contributed by atoms with van der Waals surface area (Å²) >= 11 is 13.6. The molecule has 101 heavy (non-hydrogen) atoms. The minimum atomic E-state index is -1.16. The molecule has 11 rings (SSSR count). The average molecular weight is 1690 g/mol. The van der Waals surface area contributed by atoms with Crippen LogP contribution in [0, 0.1) is 37.3 Å². The Morgan fingerprint density at radius 1 is 0.743 bits per heavy atom. The average Bonchev–Trinajstić information content (AvgIpc) is 1.72. The highest BCUT2D eigenvalue weighted by atomic mass is 127. The Labute approximate surface area is 621 Å². The second kappa shape index (κ2) is 38.2. The third-order valence-corrected chi connectivity index (χ3v) is 17.8. The van der Waals surface area contributed by atoms with Crippen molar-refractivity contribution in [2.45, 2.75) is 78.0 Å². The zero-order valence-corrected chi connectivity index (χ0v) is 62.1. The highest BCUT2D eigenvalue weighted by Gasteiger charge is 2.25. The number of aliphatic hydroxyl groups is 4. The number of carbonyl (C=O) groups is 3. The number of ether oxygens (including phenoxy) is 1. The first-order chi connectivity index (χ1) is 48.6. The summed E-state index contributed by atoms with van der Waals surface area (Å²) in [5, 5.41) is 50.3. The first kappa shape index (κ1) is 78.6. The number of hydroxylamine groups is 1.